The largest absolute Gasteiger partial charge is 0.458 e. The van der Waals surface area contributed by atoms with E-state index in [1.807, 2.05) is 56.3 Å². The normalized spacial score (nSPS) is 21.7. The van der Waals surface area contributed by atoms with Crippen LogP contribution in [0.25, 0.3) is 0 Å². The molecule has 0 radical (unpaired) electrons. The highest BCUT2D eigenvalue weighted by molar-refractivity contribution is 6.74. The molecule has 0 spiro atoms. The maximum Gasteiger partial charge on any atom is 0.338 e. The lowest BCUT2D eigenvalue weighted by Crippen LogP contribution is -2.46. The van der Waals surface area contributed by atoms with Gasteiger partial charge in [0.05, 0.1) is 29.7 Å². The van der Waals surface area contributed by atoms with Crippen LogP contribution in [0.3, 0.4) is 0 Å². The van der Waals surface area contributed by atoms with Gasteiger partial charge in [0.2, 0.25) is 5.91 Å². The van der Waals surface area contributed by atoms with Gasteiger partial charge in [0.15, 0.2) is 14.6 Å². The summed E-state index contributed by atoms with van der Waals surface area (Å²) in [5.41, 5.74) is 1.71. The van der Waals surface area contributed by atoms with Gasteiger partial charge in [0, 0.05) is 5.56 Å². The highest BCUT2D eigenvalue weighted by Gasteiger charge is 2.46. The average Bonchev–Trinajstić information content (AvgIpc) is 3.36. The molecule has 1 N–H and O–H groups in total. The first kappa shape index (κ1) is 37.2. The lowest BCUT2D eigenvalue weighted by molar-refractivity contribution is -0.123. The Morgan fingerprint density at radius 3 is 2.28 bits per heavy atom. The van der Waals surface area contributed by atoms with E-state index in [2.05, 4.69) is 52.3 Å². The van der Waals surface area contributed by atoms with Gasteiger partial charge >= 0.3 is 5.97 Å². The summed E-state index contributed by atoms with van der Waals surface area (Å²) in [5.74, 6) is -0.500. The highest BCUT2D eigenvalue weighted by Crippen LogP contribution is 2.43. The first-order valence-corrected chi connectivity index (χ1v) is 19.1. The number of amides is 1. The Balaban J connectivity index is 1.70. The quantitative estimate of drug-likeness (QED) is 0.112. The van der Waals surface area contributed by atoms with Crippen LogP contribution in [0.2, 0.25) is 18.1 Å². The van der Waals surface area contributed by atoms with Crippen molar-refractivity contribution in [2.45, 2.75) is 109 Å². The first-order chi connectivity index (χ1) is 21.7. The second kappa shape index (κ2) is 16.5. The van der Waals surface area contributed by atoms with Crippen LogP contribution in [-0.4, -0.2) is 50.7 Å². The molecular formula is C38H53NO6Si. The Kier molecular flexibility index (Phi) is 13.3. The van der Waals surface area contributed by atoms with Gasteiger partial charge in [0.1, 0.15) is 12.7 Å². The third-order valence-electron chi connectivity index (χ3n) is 9.09. The summed E-state index contributed by atoms with van der Waals surface area (Å²) in [6.07, 6.45) is 6.28. The van der Waals surface area contributed by atoms with E-state index < -0.39 is 26.2 Å². The molecule has 7 nitrogen and oxygen atoms in total. The Hall–Kier alpha value is -3.30. The van der Waals surface area contributed by atoms with E-state index in [0.717, 1.165) is 11.1 Å². The molecule has 8 heteroatoms. The summed E-state index contributed by atoms with van der Waals surface area (Å²) in [7, 11) is -2.21. The van der Waals surface area contributed by atoms with Gasteiger partial charge in [0.25, 0.3) is 0 Å². The highest BCUT2D eigenvalue weighted by atomic mass is 28.4. The average molecular weight is 648 g/mol. The summed E-state index contributed by atoms with van der Waals surface area (Å²) >= 11 is 0. The molecule has 1 aliphatic rings. The number of nitrogens with one attached hydrogen (secondary N) is 1. The Morgan fingerprint density at radius 2 is 1.70 bits per heavy atom. The SMILES string of the molecule is C=CCC(NC(=O)C[C@@H](CC[C@@]1(C)O[C@@H](c2ccccc2)O[C@H]1C=C)O[Si](C)(C)C(C)(C)C)C(C)=CCOC(=O)c1ccccc1. The molecule has 1 aliphatic heterocycles. The van der Waals surface area contributed by atoms with Crippen LogP contribution in [0.4, 0.5) is 0 Å². The molecule has 1 unspecified atom stereocenters. The Labute approximate surface area is 277 Å². The van der Waals surface area contributed by atoms with Crippen LogP contribution in [0.15, 0.2) is 97.6 Å². The zero-order valence-corrected chi connectivity index (χ0v) is 29.7. The van der Waals surface area contributed by atoms with Crippen molar-refractivity contribution < 1.29 is 28.2 Å². The van der Waals surface area contributed by atoms with Crippen molar-refractivity contribution >= 4 is 20.2 Å². The van der Waals surface area contributed by atoms with E-state index >= 15 is 0 Å². The number of rotatable bonds is 16. The monoisotopic (exact) mass is 647 g/mol. The number of ether oxygens (including phenoxy) is 3. The molecule has 1 amide bonds. The van der Waals surface area contributed by atoms with Crippen molar-refractivity contribution in [3.05, 3.63) is 109 Å². The molecule has 3 rings (SSSR count). The predicted molar refractivity (Wildman–Crippen MR) is 187 cm³/mol. The topological polar surface area (TPSA) is 83.1 Å². The number of hydrogen-bond acceptors (Lipinski definition) is 6. The van der Waals surface area contributed by atoms with Crippen molar-refractivity contribution in [3.63, 3.8) is 0 Å². The predicted octanol–water partition coefficient (Wildman–Crippen LogP) is 8.47. The Morgan fingerprint density at radius 1 is 1.07 bits per heavy atom. The molecule has 250 valence electrons. The lowest BCUT2D eigenvalue weighted by atomic mass is 9.91. The van der Waals surface area contributed by atoms with Crippen molar-refractivity contribution in [3.8, 4) is 0 Å². The van der Waals surface area contributed by atoms with Crippen LogP contribution >= 0.6 is 0 Å². The van der Waals surface area contributed by atoms with Crippen LogP contribution in [0.5, 0.6) is 0 Å². The van der Waals surface area contributed by atoms with Crippen molar-refractivity contribution in [1.82, 2.24) is 5.32 Å². The fraction of sp³-hybridized carbons (Fsp3) is 0.474. The zero-order valence-electron chi connectivity index (χ0n) is 28.7. The minimum atomic E-state index is -2.21. The van der Waals surface area contributed by atoms with Gasteiger partial charge < -0.3 is 24.0 Å². The first-order valence-electron chi connectivity index (χ1n) is 16.2. The third-order valence-corrected chi connectivity index (χ3v) is 13.6. The molecule has 5 atom stereocenters. The molecular weight excluding hydrogens is 595 g/mol. The molecule has 0 bridgehead atoms. The van der Waals surface area contributed by atoms with Crippen LogP contribution in [0, 0.1) is 0 Å². The third kappa shape index (κ3) is 10.4. The van der Waals surface area contributed by atoms with Gasteiger partial charge in [-0.15, -0.1) is 13.2 Å². The molecule has 2 aromatic carbocycles. The molecule has 0 aliphatic carbocycles. The van der Waals surface area contributed by atoms with Gasteiger partial charge in [-0.25, -0.2) is 4.79 Å². The summed E-state index contributed by atoms with van der Waals surface area (Å²) < 4.78 is 25.1. The van der Waals surface area contributed by atoms with Crippen LogP contribution in [-0.2, 0) is 23.4 Å². The van der Waals surface area contributed by atoms with E-state index in [-0.39, 0.29) is 42.2 Å². The maximum atomic E-state index is 13.6. The zero-order chi connectivity index (χ0) is 34.0. The maximum absolute atomic E-state index is 13.6. The van der Waals surface area contributed by atoms with E-state index in [1.54, 1.807) is 36.4 Å². The molecule has 46 heavy (non-hydrogen) atoms. The summed E-state index contributed by atoms with van der Waals surface area (Å²) in [4.78, 5) is 25.9. The lowest BCUT2D eigenvalue weighted by Gasteiger charge is -2.40. The van der Waals surface area contributed by atoms with Crippen molar-refractivity contribution in [2.24, 2.45) is 0 Å². The molecule has 1 fully saturated rings. The second-order valence-electron chi connectivity index (χ2n) is 13.8. The van der Waals surface area contributed by atoms with Crippen LogP contribution in [0.1, 0.15) is 82.5 Å². The van der Waals surface area contributed by atoms with Gasteiger partial charge in [-0.1, -0.05) is 87.0 Å². The minimum Gasteiger partial charge on any atom is -0.458 e. The fourth-order valence-corrected chi connectivity index (χ4v) is 6.55. The van der Waals surface area contributed by atoms with E-state index in [1.165, 1.54) is 0 Å². The smallest absolute Gasteiger partial charge is 0.338 e. The minimum absolute atomic E-state index is 0.0253. The van der Waals surface area contributed by atoms with Gasteiger partial charge in [-0.3, -0.25) is 4.79 Å². The number of carbonyl (C=O) groups is 2. The van der Waals surface area contributed by atoms with E-state index in [9.17, 15) is 9.59 Å². The fourth-order valence-electron chi connectivity index (χ4n) is 5.16. The summed E-state index contributed by atoms with van der Waals surface area (Å²) in [6.45, 7) is 23.0. The number of carbonyl (C=O) groups excluding carboxylic acids is 2. The van der Waals surface area contributed by atoms with E-state index in [0.29, 0.717) is 24.8 Å². The molecule has 1 heterocycles. The molecule has 1 saturated heterocycles. The number of esters is 1. The van der Waals surface area contributed by atoms with Crippen LogP contribution < -0.4 is 5.32 Å². The van der Waals surface area contributed by atoms with Crippen molar-refractivity contribution in [2.75, 3.05) is 6.61 Å². The summed E-state index contributed by atoms with van der Waals surface area (Å²) in [6, 6.07) is 18.5. The van der Waals surface area contributed by atoms with Crippen molar-refractivity contribution in [1.29, 1.82) is 0 Å². The van der Waals surface area contributed by atoms with Gasteiger partial charge in [-0.2, -0.15) is 0 Å². The summed E-state index contributed by atoms with van der Waals surface area (Å²) in [5, 5.41) is 3.15. The molecule has 0 saturated carbocycles. The number of benzene rings is 2. The number of hydrogen-bond donors (Lipinski definition) is 1. The van der Waals surface area contributed by atoms with Gasteiger partial charge in [-0.05, 0) is 69.5 Å². The Bertz CT molecular complexity index is 1340. The standard InChI is InChI=1S/C38H53NO6Si/c1-10-18-32(28(3)24-26-42-35(41)29-19-14-12-15-20-29)39-34(40)27-31(45-46(8,9)37(4,5)6)23-25-38(7)33(11-2)43-36(44-38)30-21-16-13-17-22-30/h10-17,19-22,24,31-33,36H,1-2,18,23,25-27H2,3-9H3,(H,39,40)/t31-,32?,33+,36+,38-/m1/s1. The second-order valence-corrected chi connectivity index (χ2v) is 18.5. The van der Waals surface area contributed by atoms with E-state index in [4.69, 9.17) is 18.6 Å². The molecule has 2 aromatic rings. The molecule has 0 aromatic heterocycles.